The van der Waals surface area contributed by atoms with Crippen LogP contribution in [0.3, 0.4) is 0 Å². The molecule has 0 amide bonds. The van der Waals surface area contributed by atoms with Crippen molar-refractivity contribution in [3.05, 3.63) is 53.9 Å². The molecule has 0 radical (unpaired) electrons. The summed E-state index contributed by atoms with van der Waals surface area (Å²) in [7, 11) is 0. The van der Waals surface area contributed by atoms with Gasteiger partial charge in [0, 0.05) is 12.2 Å². The molecule has 0 spiro atoms. The minimum absolute atomic E-state index is 0.764. The first-order valence-corrected chi connectivity index (χ1v) is 6.18. The molecule has 94 valence electrons. The zero-order valence-electron chi connectivity index (χ0n) is 10.8. The topological polar surface area (TPSA) is 34.1 Å². The lowest BCUT2D eigenvalue weighted by Gasteiger charge is -2.07. The Morgan fingerprint density at radius 2 is 1.78 bits per heavy atom. The maximum Gasteiger partial charge on any atom is 0.145 e. The van der Waals surface area contributed by atoms with Gasteiger partial charge in [0.25, 0.3) is 0 Å². The lowest BCUT2D eigenvalue weighted by atomic mass is 10.2. The Labute approximate surface area is 108 Å². The Hall–Kier alpha value is -1.87. The first-order valence-electron chi connectivity index (χ1n) is 6.18. The smallest absolute Gasteiger partial charge is 0.145 e. The molecule has 1 N–H and O–H groups in total. The third-order valence-corrected chi connectivity index (χ3v) is 2.62. The predicted molar refractivity (Wildman–Crippen MR) is 72.9 cm³/mol. The van der Waals surface area contributed by atoms with Gasteiger partial charge >= 0.3 is 0 Å². The average Bonchev–Trinajstić information content (AvgIpc) is 2.41. The summed E-state index contributed by atoms with van der Waals surface area (Å²) < 4.78 is 5.71. The highest BCUT2D eigenvalue weighted by molar-refractivity contribution is 5.32. The van der Waals surface area contributed by atoms with Gasteiger partial charge in [-0.25, -0.2) is 0 Å². The van der Waals surface area contributed by atoms with Gasteiger partial charge in [-0.3, -0.25) is 4.98 Å². The number of benzene rings is 1. The molecule has 18 heavy (non-hydrogen) atoms. The van der Waals surface area contributed by atoms with Crippen LogP contribution in [-0.4, -0.2) is 11.5 Å². The normalized spacial score (nSPS) is 10.3. The molecule has 0 atom stereocenters. The van der Waals surface area contributed by atoms with E-state index in [9.17, 15) is 0 Å². The molecule has 0 saturated carbocycles. The van der Waals surface area contributed by atoms with E-state index < -0.39 is 0 Å². The van der Waals surface area contributed by atoms with Crippen molar-refractivity contribution in [1.82, 2.24) is 10.3 Å². The molecule has 0 aliphatic carbocycles. The van der Waals surface area contributed by atoms with Crippen LogP contribution in [0, 0.1) is 6.92 Å². The molecule has 3 heteroatoms. The third kappa shape index (κ3) is 3.57. The third-order valence-electron chi connectivity index (χ3n) is 2.62. The second-order valence-electron chi connectivity index (χ2n) is 4.16. The number of ether oxygens (including phenoxy) is 1. The maximum absolute atomic E-state index is 5.71. The van der Waals surface area contributed by atoms with Gasteiger partial charge in [0.15, 0.2) is 0 Å². The van der Waals surface area contributed by atoms with Crippen molar-refractivity contribution < 1.29 is 4.74 Å². The molecule has 2 rings (SSSR count). The largest absolute Gasteiger partial charge is 0.456 e. The molecule has 0 bridgehead atoms. The van der Waals surface area contributed by atoms with Crippen molar-refractivity contribution in [2.24, 2.45) is 0 Å². The summed E-state index contributed by atoms with van der Waals surface area (Å²) in [5, 5.41) is 3.29. The summed E-state index contributed by atoms with van der Waals surface area (Å²) in [4.78, 5) is 4.20. The molecule has 1 aromatic heterocycles. The summed E-state index contributed by atoms with van der Waals surface area (Å²) in [6, 6.07) is 12.0. The predicted octanol–water partition coefficient (Wildman–Crippen LogP) is 3.29. The fraction of sp³-hybridized carbons (Fsp3) is 0.267. The lowest BCUT2D eigenvalue weighted by Crippen LogP contribution is -2.11. The van der Waals surface area contributed by atoms with E-state index in [1.807, 2.05) is 31.2 Å². The van der Waals surface area contributed by atoms with Gasteiger partial charge in [-0.1, -0.05) is 19.1 Å². The molecule has 3 nitrogen and oxygen atoms in total. The fourth-order valence-electron chi connectivity index (χ4n) is 1.60. The first kappa shape index (κ1) is 12.6. The highest BCUT2D eigenvalue weighted by Crippen LogP contribution is 2.20. The number of rotatable bonds is 5. The zero-order valence-corrected chi connectivity index (χ0v) is 10.8. The minimum Gasteiger partial charge on any atom is -0.456 e. The van der Waals surface area contributed by atoms with Crippen LogP contribution in [0.1, 0.15) is 18.2 Å². The monoisotopic (exact) mass is 242 g/mol. The van der Waals surface area contributed by atoms with Gasteiger partial charge < -0.3 is 10.1 Å². The lowest BCUT2D eigenvalue weighted by molar-refractivity contribution is 0.479. The Morgan fingerprint density at radius 3 is 2.39 bits per heavy atom. The molecule has 2 aromatic rings. The number of pyridine rings is 1. The molecule has 0 aliphatic heterocycles. The van der Waals surface area contributed by atoms with Crippen LogP contribution in [-0.2, 0) is 6.54 Å². The van der Waals surface area contributed by atoms with E-state index in [2.05, 4.69) is 29.4 Å². The highest BCUT2D eigenvalue weighted by Gasteiger charge is 1.98. The Kier molecular flexibility index (Phi) is 4.31. The average molecular weight is 242 g/mol. The van der Waals surface area contributed by atoms with Gasteiger partial charge in [-0.15, -0.1) is 0 Å². The van der Waals surface area contributed by atoms with Gasteiger partial charge in [-0.05, 0) is 43.3 Å². The maximum atomic E-state index is 5.71. The minimum atomic E-state index is 0.764. The van der Waals surface area contributed by atoms with Crippen molar-refractivity contribution in [3.8, 4) is 11.5 Å². The molecule has 0 saturated heterocycles. The summed E-state index contributed by atoms with van der Waals surface area (Å²) >= 11 is 0. The van der Waals surface area contributed by atoms with Gasteiger partial charge in [0.05, 0.1) is 6.20 Å². The van der Waals surface area contributed by atoms with Crippen LogP contribution in [0.4, 0.5) is 0 Å². The van der Waals surface area contributed by atoms with E-state index in [1.165, 1.54) is 5.56 Å². The van der Waals surface area contributed by atoms with Crippen LogP contribution in [0.15, 0.2) is 42.6 Å². The van der Waals surface area contributed by atoms with Crippen molar-refractivity contribution in [1.29, 1.82) is 0 Å². The summed E-state index contributed by atoms with van der Waals surface area (Å²) in [6.45, 7) is 5.93. The van der Waals surface area contributed by atoms with E-state index in [0.29, 0.717) is 0 Å². The van der Waals surface area contributed by atoms with E-state index in [1.54, 1.807) is 6.20 Å². The number of nitrogens with one attached hydrogen (secondary N) is 1. The second-order valence-corrected chi connectivity index (χ2v) is 4.16. The van der Waals surface area contributed by atoms with E-state index in [-0.39, 0.29) is 0 Å². The van der Waals surface area contributed by atoms with Crippen LogP contribution in [0.5, 0.6) is 11.5 Å². The molecule has 1 aromatic carbocycles. The second kappa shape index (κ2) is 6.17. The number of nitrogens with zero attached hydrogens (tertiary/aromatic N) is 1. The number of hydrogen-bond donors (Lipinski definition) is 1. The molecule has 0 fully saturated rings. The Balaban J connectivity index is 1.99. The SMILES string of the molecule is CCNCc1ccc(Oc2ccc(C)nc2)cc1. The summed E-state index contributed by atoms with van der Waals surface area (Å²) in [5.41, 5.74) is 2.24. The molecule has 0 aliphatic rings. The first-order chi connectivity index (χ1) is 8.78. The summed E-state index contributed by atoms with van der Waals surface area (Å²) in [5.74, 6) is 1.60. The van der Waals surface area contributed by atoms with Crippen molar-refractivity contribution in [2.75, 3.05) is 6.54 Å². The number of hydrogen-bond acceptors (Lipinski definition) is 3. The number of aryl methyl sites for hydroxylation is 1. The number of aromatic nitrogens is 1. The summed E-state index contributed by atoms with van der Waals surface area (Å²) in [6.07, 6.45) is 1.74. The molecular weight excluding hydrogens is 224 g/mol. The standard InChI is InChI=1S/C15H18N2O/c1-3-16-10-13-5-8-14(9-6-13)18-15-7-4-12(2)17-11-15/h4-9,11,16H,3,10H2,1-2H3. The Bertz CT molecular complexity index is 477. The van der Waals surface area contributed by atoms with Gasteiger partial charge in [0.1, 0.15) is 11.5 Å². The molecule has 0 unspecified atom stereocenters. The zero-order chi connectivity index (χ0) is 12.8. The van der Waals surface area contributed by atoms with Crippen molar-refractivity contribution >= 4 is 0 Å². The van der Waals surface area contributed by atoms with Crippen LogP contribution in [0.2, 0.25) is 0 Å². The highest BCUT2D eigenvalue weighted by atomic mass is 16.5. The van der Waals surface area contributed by atoms with Crippen molar-refractivity contribution in [3.63, 3.8) is 0 Å². The quantitative estimate of drug-likeness (QED) is 0.873. The van der Waals surface area contributed by atoms with E-state index in [4.69, 9.17) is 4.74 Å². The van der Waals surface area contributed by atoms with Crippen LogP contribution in [0.25, 0.3) is 0 Å². The van der Waals surface area contributed by atoms with Crippen LogP contribution >= 0.6 is 0 Å². The van der Waals surface area contributed by atoms with Gasteiger partial charge in [-0.2, -0.15) is 0 Å². The van der Waals surface area contributed by atoms with E-state index >= 15 is 0 Å². The molecular formula is C15H18N2O. The Morgan fingerprint density at radius 1 is 1.06 bits per heavy atom. The van der Waals surface area contributed by atoms with Gasteiger partial charge in [0.2, 0.25) is 0 Å². The molecule has 1 heterocycles. The van der Waals surface area contributed by atoms with Crippen molar-refractivity contribution in [2.45, 2.75) is 20.4 Å². The van der Waals surface area contributed by atoms with E-state index in [0.717, 1.165) is 30.3 Å². The van der Waals surface area contributed by atoms with Crippen LogP contribution < -0.4 is 10.1 Å². The fourth-order valence-corrected chi connectivity index (χ4v) is 1.60.